The lowest BCUT2D eigenvalue weighted by molar-refractivity contribution is -0.275. The Balaban J connectivity index is 1.79. The SMILES string of the molecule is Cn1c(-c2ccc(OCc3ccc(Cl)cc3Cl)c(OC(F)(F)F)c2)nc2c1c(=O)[nH]c(=O)n2CC(O)C(F)(F)F. The zero-order valence-corrected chi connectivity index (χ0v) is 21.4. The first-order valence-electron chi connectivity index (χ1n) is 11.0. The summed E-state index contributed by atoms with van der Waals surface area (Å²) >= 11 is 11.9. The molecule has 2 N–H and O–H groups in total. The van der Waals surface area contributed by atoms with Gasteiger partial charge in [0.15, 0.2) is 28.8 Å². The zero-order valence-electron chi connectivity index (χ0n) is 19.9. The monoisotopic (exact) mass is 612 g/mol. The predicted molar refractivity (Wildman–Crippen MR) is 131 cm³/mol. The molecule has 2 aromatic carbocycles. The molecule has 17 heteroatoms. The molecule has 0 radical (unpaired) electrons. The van der Waals surface area contributed by atoms with Crippen LogP contribution in [0.3, 0.4) is 0 Å². The predicted octanol–water partition coefficient (Wildman–Crippen LogP) is 4.80. The summed E-state index contributed by atoms with van der Waals surface area (Å²) in [5.41, 5.74) is -2.89. The van der Waals surface area contributed by atoms with Crippen LogP contribution in [0.1, 0.15) is 5.56 Å². The van der Waals surface area contributed by atoms with Gasteiger partial charge in [0.1, 0.15) is 12.4 Å². The van der Waals surface area contributed by atoms with Crippen LogP contribution in [0.15, 0.2) is 46.0 Å². The molecular formula is C23H16Cl2F6N4O5. The maximum Gasteiger partial charge on any atom is 0.573 e. The molecule has 0 amide bonds. The Morgan fingerprint density at radius 2 is 1.75 bits per heavy atom. The van der Waals surface area contributed by atoms with Crippen molar-refractivity contribution < 1.29 is 40.9 Å². The highest BCUT2D eigenvalue weighted by atomic mass is 35.5. The number of aromatic amines is 1. The number of imidazole rings is 1. The molecule has 1 atom stereocenters. The first kappa shape index (κ1) is 29.3. The van der Waals surface area contributed by atoms with Gasteiger partial charge in [-0.05, 0) is 30.3 Å². The van der Waals surface area contributed by atoms with Crippen molar-refractivity contribution in [3.63, 3.8) is 0 Å². The lowest BCUT2D eigenvalue weighted by atomic mass is 10.2. The van der Waals surface area contributed by atoms with Crippen LogP contribution in [0.4, 0.5) is 26.3 Å². The first-order chi connectivity index (χ1) is 18.5. The molecule has 4 aromatic rings. The second-order valence-electron chi connectivity index (χ2n) is 8.33. The van der Waals surface area contributed by atoms with Gasteiger partial charge in [-0.1, -0.05) is 29.3 Å². The molecule has 4 rings (SSSR count). The van der Waals surface area contributed by atoms with Crippen molar-refractivity contribution >= 4 is 34.4 Å². The Morgan fingerprint density at radius 1 is 1.05 bits per heavy atom. The number of aromatic nitrogens is 4. The summed E-state index contributed by atoms with van der Waals surface area (Å²) in [5, 5.41) is 10.00. The maximum absolute atomic E-state index is 13.2. The van der Waals surface area contributed by atoms with Gasteiger partial charge in [-0.25, -0.2) is 9.78 Å². The topological polar surface area (TPSA) is 111 Å². The van der Waals surface area contributed by atoms with Crippen molar-refractivity contribution in [2.24, 2.45) is 7.05 Å². The van der Waals surface area contributed by atoms with Gasteiger partial charge in [-0.15, -0.1) is 13.2 Å². The Bertz CT molecular complexity index is 1700. The second-order valence-corrected chi connectivity index (χ2v) is 9.17. The quantitative estimate of drug-likeness (QED) is 0.290. The van der Waals surface area contributed by atoms with E-state index in [1.807, 2.05) is 4.98 Å². The third-order valence-corrected chi connectivity index (χ3v) is 6.16. The van der Waals surface area contributed by atoms with Crippen LogP contribution >= 0.6 is 23.2 Å². The summed E-state index contributed by atoms with van der Waals surface area (Å²) in [5.74, 6) is -1.37. The van der Waals surface area contributed by atoms with Crippen molar-refractivity contribution in [2.45, 2.75) is 31.8 Å². The van der Waals surface area contributed by atoms with E-state index >= 15 is 0 Å². The molecule has 0 aliphatic rings. The fraction of sp³-hybridized carbons (Fsp3) is 0.261. The molecule has 0 saturated heterocycles. The molecule has 0 aliphatic heterocycles. The number of H-pyrrole nitrogens is 1. The molecule has 0 fully saturated rings. The number of ether oxygens (including phenoxy) is 2. The van der Waals surface area contributed by atoms with E-state index in [2.05, 4.69) is 9.72 Å². The largest absolute Gasteiger partial charge is 0.573 e. The van der Waals surface area contributed by atoms with Crippen LogP contribution in [0.25, 0.3) is 22.6 Å². The van der Waals surface area contributed by atoms with Gasteiger partial charge in [0.25, 0.3) is 5.56 Å². The molecule has 2 heterocycles. The van der Waals surface area contributed by atoms with E-state index < -0.39 is 47.8 Å². The minimum absolute atomic E-state index is 0.0791. The number of aliphatic hydroxyl groups excluding tert-OH is 1. The number of hydrogen-bond donors (Lipinski definition) is 2. The maximum atomic E-state index is 13.2. The number of nitrogens with zero attached hydrogens (tertiary/aromatic N) is 3. The summed E-state index contributed by atoms with van der Waals surface area (Å²) in [6.07, 6.45) is -13.2. The number of rotatable bonds is 7. The van der Waals surface area contributed by atoms with E-state index in [0.29, 0.717) is 15.2 Å². The fourth-order valence-electron chi connectivity index (χ4n) is 3.72. The fourth-order valence-corrected chi connectivity index (χ4v) is 4.18. The molecule has 40 heavy (non-hydrogen) atoms. The van der Waals surface area contributed by atoms with Crippen molar-refractivity contribution in [3.8, 4) is 22.9 Å². The Labute approximate surface area is 229 Å². The molecule has 0 bridgehead atoms. The Kier molecular flexibility index (Phi) is 7.84. The van der Waals surface area contributed by atoms with Crippen molar-refractivity contribution in [1.29, 1.82) is 0 Å². The standard InChI is InChI=1S/C23H16Cl2F6N4O5/c1-34-17-19(35(21(38)33-20(17)37)8-16(36)22(26,27)28)32-18(34)10-3-5-14(15(6-10)40-23(29,30)31)39-9-11-2-4-12(24)7-13(11)25/h2-7,16,36H,8-9H2,1H3,(H,33,37,38). The van der Waals surface area contributed by atoms with Gasteiger partial charge in [-0.2, -0.15) is 13.2 Å². The third-order valence-electron chi connectivity index (χ3n) is 5.57. The number of nitrogens with one attached hydrogen (secondary N) is 1. The minimum atomic E-state index is -5.15. The summed E-state index contributed by atoms with van der Waals surface area (Å²) in [6, 6.07) is 7.68. The van der Waals surface area contributed by atoms with Crippen LogP contribution in [0.5, 0.6) is 11.5 Å². The lowest BCUT2D eigenvalue weighted by Crippen LogP contribution is -2.39. The summed E-state index contributed by atoms with van der Waals surface area (Å²) in [4.78, 5) is 30.6. The van der Waals surface area contributed by atoms with Gasteiger partial charge < -0.3 is 19.1 Å². The number of aliphatic hydroxyl groups is 1. The van der Waals surface area contributed by atoms with E-state index in [1.54, 1.807) is 0 Å². The highest BCUT2D eigenvalue weighted by molar-refractivity contribution is 6.35. The van der Waals surface area contributed by atoms with Gasteiger partial charge in [0.2, 0.25) is 0 Å². The van der Waals surface area contributed by atoms with Crippen LogP contribution in [0, 0.1) is 0 Å². The Hall–Kier alpha value is -3.69. The second kappa shape index (κ2) is 10.7. The van der Waals surface area contributed by atoms with Crippen LogP contribution in [-0.2, 0) is 20.2 Å². The molecule has 0 aliphatic carbocycles. The summed E-state index contributed by atoms with van der Waals surface area (Å²) in [6.45, 7) is -1.56. The number of benzene rings is 2. The van der Waals surface area contributed by atoms with E-state index in [9.17, 15) is 41.0 Å². The van der Waals surface area contributed by atoms with Crippen molar-refractivity contribution in [1.82, 2.24) is 19.1 Å². The number of hydrogen-bond acceptors (Lipinski definition) is 6. The molecule has 0 spiro atoms. The number of halogens is 8. The number of alkyl halides is 6. The molecule has 2 aromatic heterocycles. The first-order valence-corrected chi connectivity index (χ1v) is 11.7. The average molecular weight is 613 g/mol. The van der Waals surface area contributed by atoms with Gasteiger partial charge in [0.05, 0.1) is 6.54 Å². The summed E-state index contributed by atoms with van der Waals surface area (Å²) in [7, 11) is 1.26. The van der Waals surface area contributed by atoms with E-state index in [0.717, 1.165) is 16.7 Å². The number of aryl methyl sites for hydroxylation is 1. The van der Waals surface area contributed by atoms with Gasteiger partial charge in [-0.3, -0.25) is 14.3 Å². The van der Waals surface area contributed by atoms with E-state index in [1.165, 1.54) is 31.3 Å². The molecule has 214 valence electrons. The molecule has 0 saturated carbocycles. The van der Waals surface area contributed by atoms with E-state index in [-0.39, 0.29) is 34.3 Å². The van der Waals surface area contributed by atoms with Crippen LogP contribution < -0.4 is 20.7 Å². The average Bonchev–Trinajstić information content (AvgIpc) is 3.17. The third kappa shape index (κ3) is 6.21. The smallest absolute Gasteiger partial charge is 0.485 e. The Morgan fingerprint density at radius 3 is 2.38 bits per heavy atom. The van der Waals surface area contributed by atoms with Gasteiger partial charge >= 0.3 is 18.2 Å². The minimum Gasteiger partial charge on any atom is -0.485 e. The molecular weight excluding hydrogens is 597 g/mol. The summed E-state index contributed by atoms with van der Waals surface area (Å²) < 4.78 is 89.5. The van der Waals surface area contributed by atoms with E-state index in [4.69, 9.17) is 27.9 Å². The van der Waals surface area contributed by atoms with Gasteiger partial charge in [0, 0.05) is 28.2 Å². The van der Waals surface area contributed by atoms with Crippen molar-refractivity contribution in [2.75, 3.05) is 0 Å². The number of fused-ring (bicyclic) bond motifs is 1. The van der Waals surface area contributed by atoms with Crippen LogP contribution in [-0.4, -0.2) is 42.9 Å². The normalized spacial score (nSPS) is 13.1. The van der Waals surface area contributed by atoms with Crippen molar-refractivity contribution in [3.05, 3.63) is 72.8 Å². The van der Waals surface area contributed by atoms with Crippen LogP contribution in [0.2, 0.25) is 10.0 Å². The highest BCUT2D eigenvalue weighted by Crippen LogP contribution is 2.37. The lowest BCUT2D eigenvalue weighted by Gasteiger charge is -2.16. The molecule has 9 nitrogen and oxygen atoms in total. The zero-order chi connectivity index (χ0) is 29.6. The molecule has 1 unspecified atom stereocenters. The highest BCUT2D eigenvalue weighted by Gasteiger charge is 2.39.